The lowest BCUT2D eigenvalue weighted by molar-refractivity contribution is 0.104. The predicted molar refractivity (Wildman–Crippen MR) is 88.1 cm³/mol. The van der Waals surface area contributed by atoms with E-state index in [4.69, 9.17) is 0 Å². The molecule has 2 nitrogen and oxygen atoms in total. The average Bonchev–Trinajstić information content (AvgIpc) is 2.53. The number of rotatable bonds is 3. The normalized spacial score (nSPS) is 10.6. The number of ketones is 1. The second-order valence-corrected chi connectivity index (χ2v) is 5.30. The summed E-state index contributed by atoms with van der Waals surface area (Å²) in [6.07, 6.45) is 0. The van der Waals surface area contributed by atoms with Crippen LogP contribution >= 0.6 is 0 Å². The maximum Gasteiger partial charge on any atom is 0.193 e. The molecular formula is C19H17NO. The zero-order valence-corrected chi connectivity index (χ0v) is 12.2. The van der Waals surface area contributed by atoms with E-state index in [1.165, 1.54) is 0 Å². The van der Waals surface area contributed by atoms with Crippen molar-refractivity contribution in [3.63, 3.8) is 0 Å². The lowest BCUT2D eigenvalue weighted by Crippen LogP contribution is -2.10. The van der Waals surface area contributed by atoms with Gasteiger partial charge in [-0.3, -0.25) is 4.79 Å². The molecule has 0 saturated heterocycles. The van der Waals surface area contributed by atoms with E-state index in [1.807, 2.05) is 85.7 Å². The van der Waals surface area contributed by atoms with E-state index in [9.17, 15) is 4.79 Å². The zero-order valence-electron chi connectivity index (χ0n) is 12.2. The first kappa shape index (κ1) is 13.4. The van der Waals surface area contributed by atoms with Crippen LogP contribution in [-0.4, -0.2) is 19.9 Å². The topological polar surface area (TPSA) is 20.3 Å². The highest BCUT2D eigenvalue weighted by atomic mass is 16.1. The van der Waals surface area contributed by atoms with Crippen molar-refractivity contribution >= 4 is 22.2 Å². The van der Waals surface area contributed by atoms with Crippen LogP contribution in [0.4, 0.5) is 5.69 Å². The Morgan fingerprint density at radius 1 is 0.857 bits per heavy atom. The van der Waals surface area contributed by atoms with Crippen LogP contribution in [0.3, 0.4) is 0 Å². The Bertz CT molecular complexity index is 800. The highest BCUT2D eigenvalue weighted by molar-refractivity contribution is 6.16. The highest BCUT2D eigenvalue weighted by Crippen LogP contribution is 2.23. The van der Waals surface area contributed by atoms with Crippen LogP contribution in [0.1, 0.15) is 15.9 Å². The van der Waals surface area contributed by atoms with Gasteiger partial charge in [0.25, 0.3) is 0 Å². The summed E-state index contributed by atoms with van der Waals surface area (Å²) in [4.78, 5) is 14.8. The average molecular weight is 275 g/mol. The SMILES string of the molecule is CN(C)c1cccc(C(=O)c2cccc3ccccc23)c1. The number of anilines is 1. The summed E-state index contributed by atoms with van der Waals surface area (Å²) in [5.74, 6) is 0.0653. The van der Waals surface area contributed by atoms with Gasteiger partial charge in [-0.2, -0.15) is 0 Å². The van der Waals surface area contributed by atoms with E-state index < -0.39 is 0 Å². The summed E-state index contributed by atoms with van der Waals surface area (Å²) in [5.41, 5.74) is 2.50. The first-order valence-corrected chi connectivity index (χ1v) is 6.96. The molecule has 0 atom stereocenters. The Balaban J connectivity index is 2.11. The van der Waals surface area contributed by atoms with Gasteiger partial charge < -0.3 is 4.90 Å². The van der Waals surface area contributed by atoms with Gasteiger partial charge in [-0.15, -0.1) is 0 Å². The van der Waals surface area contributed by atoms with Gasteiger partial charge in [0.2, 0.25) is 0 Å². The number of carbonyl (C=O) groups is 1. The minimum atomic E-state index is 0.0653. The summed E-state index contributed by atoms with van der Waals surface area (Å²) >= 11 is 0. The molecule has 3 aromatic carbocycles. The van der Waals surface area contributed by atoms with Gasteiger partial charge in [0.05, 0.1) is 0 Å². The van der Waals surface area contributed by atoms with Crippen molar-refractivity contribution in [2.45, 2.75) is 0 Å². The second kappa shape index (κ2) is 5.41. The molecule has 0 amide bonds. The van der Waals surface area contributed by atoms with Gasteiger partial charge in [-0.05, 0) is 22.9 Å². The molecule has 3 rings (SSSR count). The van der Waals surface area contributed by atoms with Gasteiger partial charge in [0.15, 0.2) is 5.78 Å². The van der Waals surface area contributed by atoms with E-state index in [2.05, 4.69) is 0 Å². The Hall–Kier alpha value is -2.61. The third-order valence-corrected chi connectivity index (χ3v) is 3.66. The molecule has 0 unspecified atom stereocenters. The van der Waals surface area contributed by atoms with E-state index in [-0.39, 0.29) is 5.78 Å². The fourth-order valence-electron chi connectivity index (χ4n) is 2.50. The molecule has 0 bridgehead atoms. The Morgan fingerprint density at radius 2 is 1.57 bits per heavy atom. The van der Waals surface area contributed by atoms with Crippen LogP contribution in [-0.2, 0) is 0 Å². The van der Waals surface area contributed by atoms with E-state index in [0.29, 0.717) is 0 Å². The first-order chi connectivity index (χ1) is 10.2. The zero-order chi connectivity index (χ0) is 14.8. The maximum absolute atomic E-state index is 12.8. The fraction of sp³-hybridized carbons (Fsp3) is 0.105. The summed E-state index contributed by atoms with van der Waals surface area (Å²) in [5, 5.41) is 2.09. The number of fused-ring (bicyclic) bond motifs is 1. The molecule has 2 heteroatoms. The molecular weight excluding hydrogens is 258 g/mol. The van der Waals surface area contributed by atoms with Crippen molar-refractivity contribution in [1.82, 2.24) is 0 Å². The molecule has 0 aliphatic carbocycles. The monoisotopic (exact) mass is 275 g/mol. The Labute approximate surface area is 124 Å². The Morgan fingerprint density at radius 3 is 2.38 bits per heavy atom. The van der Waals surface area contributed by atoms with Crippen molar-refractivity contribution in [3.8, 4) is 0 Å². The molecule has 0 aromatic heterocycles. The van der Waals surface area contributed by atoms with Crippen LogP contribution in [0, 0.1) is 0 Å². The largest absolute Gasteiger partial charge is 0.378 e. The summed E-state index contributed by atoms with van der Waals surface area (Å²) in [6.45, 7) is 0. The fourth-order valence-corrected chi connectivity index (χ4v) is 2.50. The smallest absolute Gasteiger partial charge is 0.193 e. The van der Waals surface area contributed by atoms with Crippen LogP contribution in [0.25, 0.3) is 10.8 Å². The molecule has 0 heterocycles. The first-order valence-electron chi connectivity index (χ1n) is 6.96. The number of carbonyl (C=O) groups excluding carboxylic acids is 1. The van der Waals surface area contributed by atoms with Crippen molar-refractivity contribution in [1.29, 1.82) is 0 Å². The lowest BCUT2D eigenvalue weighted by atomic mass is 9.97. The van der Waals surface area contributed by atoms with E-state index >= 15 is 0 Å². The Kier molecular flexibility index (Phi) is 3.44. The highest BCUT2D eigenvalue weighted by Gasteiger charge is 2.12. The van der Waals surface area contributed by atoms with Gasteiger partial charge in [-0.25, -0.2) is 0 Å². The van der Waals surface area contributed by atoms with Gasteiger partial charge in [-0.1, -0.05) is 54.6 Å². The van der Waals surface area contributed by atoms with Gasteiger partial charge in [0.1, 0.15) is 0 Å². The minimum Gasteiger partial charge on any atom is -0.378 e. The molecule has 0 aliphatic heterocycles. The van der Waals surface area contributed by atoms with Crippen LogP contribution < -0.4 is 4.90 Å². The van der Waals surface area contributed by atoms with Crippen molar-refractivity contribution in [2.24, 2.45) is 0 Å². The summed E-state index contributed by atoms with van der Waals surface area (Å²) < 4.78 is 0. The van der Waals surface area contributed by atoms with Crippen LogP contribution in [0.5, 0.6) is 0 Å². The quantitative estimate of drug-likeness (QED) is 0.670. The molecule has 104 valence electrons. The third kappa shape index (κ3) is 2.52. The number of nitrogens with zero attached hydrogens (tertiary/aromatic N) is 1. The van der Waals surface area contributed by atoms with E-state index in [0.717, 1.165) is 27.6 Å². The van der Waals surface area contributed by atoms with Gasteiger partial charge >= 0.3 is 0 Å². The summed E-state index contributed by atoms with van der Waals surface area (Å²) in [7, 11) is 3.95. The second-order valence-electron chi connectivity index (χ2n) is 5.30. The molecule has 0 radical (unpaired) electrons. The number of benzene rings is 3. The third-order valence-electron chi connectivity index (χ3n) is 3.66. The maximum atomic E-state index is 12.8. The van der Waals surface area contributed by atoms with Crippen molar-refractivity contribution in [3.05, 3.63) is 77.9 Å². The predicted octanol–water partition coefficient (Wildman–Crippen LogP) is 4.14. The van der Waals surface area contributed by atoms with E-state index in [1.54, 1.807) is 0 Å². The standard InChI is InChI=1S/C19H17NO/c1-20(2)16-10-5-9-15(13-16)19(21)18-12-6-8-14-7-3-4-11-17(14)18/h3-13H,1-2H3. The molecule has 21 heavy (non-hydrogen) atoms. The van der Waals surface area contributed by atoms with Crippen LogP contribution in [0.2, 0.25) is 0 Å². The van der Waals surface area contributed by atoms with Crippen molar-refractivity contribution < 1.29 is 4.79 Å². The van der Waals surface area contributed by atoms with Crippen molar-refractivity contribution in [2.75, 3.05) is 19.0 Å². The molecule has 0 fully saturated rings. The molecule has 0 spiro atoms. The molecule has 0 saturated carbocycles. The van der Waals surface area contributed by atoms with Gasteiger partial charge in [0, 0.05) is 30.9 Å². The number of hydrogen-bond acceptors (Lipinski definition) is 2. The van der Waals surface area contributed by atoms with Crippen LogP contribution in [0.15, 0.2) is 66.7 Å². The number of hydrogen-bond donors (Lipinski definition) is 0. The lowest BCUT2D eigenvalue weighted by Gasteiger charge is -2.13. The molecule has 3 aromatic rings. The molecule has 0 aliphatic rings. The molecule has 0 N–H and O–H groups in total. The minimum absolute atomic E-state index is 0.0653. The summed E-state index contributed by atoms with van der Waals surface area (Å²) in [6, 6.07) is 21.6.